The largest absolute Gasteiger partial charge is 0.478 e. The van der Waals surface area contributed by atoms with E-state index in [-0.39, 0.29) is 10.6 Å². The number of hydrogen-bond donors (Lipinski definition) is 2. The Morgan fingerprint density at radius 2 is 2.12 bits per heavy atom. The summed E-state index contributed by atoms with van der Waals surface area (Å²) in [6.45, 7) is 3.77. The SMILES string of the molecule is CCc1nc(Nc2ccc(F)c(Cl)c2)c2c(CC)c(C(=O)O)cn2n1. The number of benzene rings is 1. The lowest BCUT2D eigenvalue weighted by Crippen LogP contribution is -2.06. The van der Waals surface area contributed by atoms with Gasteiger partial charge in [-0.1, -0.05) is 25.4 Å². The fourth-order valence-electron chi connectivity index (χ4n) is 2.68. The normalized spacial score (nSPS) is 11.0. The molecule has 0 atom stereocenters. The second-order valence-corrected chi connectivity index (χ2v) is 5.86. The minimum atomic E-state index is -1.02. The summed E-state index contributed by atoms with van der Waals surface area (Å²) in [6, 6.07) is 4.25. The number of nitrogens with zero attached hydrogens (tertiary/aromatic N) is 3. The van der Waals surface area contributed by atoms with Crippen molar-refractivity contribution in [2.24, 2.45) is 0 Å². The second kappa shape index (κ2) is 6.68. The number of rotatable bonds is 5. The van der Waals surface area contributed by atoms with Crippen molar-refractivity contribution in [3.05, 3.63) is 52.2 Å². The highest BCUT2D eigenvalue weighted by Gasteiger charge is 2.20. The Morgan fingerprint density at radius 3 is 2.72 bits per heavy atom. The van der Waals surface area contributed by atoms with Gasteiger partial charge in [0.2, 0.25) is 0 Å². The van der Waals surface area contributed by atoms with Crippen molar-refractivity contribution in [3.63, 3.8) is 0 Å². The summed E-state index contributed by atoms with van der Waals surface area (Å²) < 4.78 is 14.9. The maximum absolute atomic E-state index is 13.4. The van der Waals surface area contributed by atoms with Crippen LogP contribution < -0.4 is 5.32 Å². The van der Waals surface area contributed by atoms with E-state index in [0.717, 1.165) is 0 Å². The van der Waals surface area contributed by atoms with Gasteiger partial charge in [-0.25, -0.2) is 18.7 Å². The predicted molar refractivity (Wildman–Crippen MR) is 93.4 cm³/mol. The lowest BCUT2D eigenvalue weighted by atomic mass is 10.1. The minimum Gasteiger partial charge on any atom is -0.478 e. The average molecular weight is 363 g/mol. The molecule has 2 heterocycles. The van der Waals surface area contributed by atoms with E-state index in [1.807, 2.05) is 13.8 Å². The third-order valence-electron chi connectivity index (χ3n) is 3.86. The molecule has 0 fully saturated rings. The standard InChI is InChI=1S/C17H16ClFN4O2/c1-3-10-11(17(24)25)8-23-15(10)16(21-14(4-2)22-23)20-9-5-6-13(19)12(18)7-9/h5-8H,3-4H2,1-2H3,(H,24,25)(H,20,21,22). The van der Waals surface area contributed by atoms with E-state index < -0.39 is 11.8 Å². The van der Waals surface area contributed by atoms with Gasteiger partial charge >= 0.3 is 5.97 Å². The van der Waals surface area contributed by atoms with Gasteiger partial charge < -0.3 is 10.4 Å². The first-order chi connectivity index (χ1) is 11.9. The van der Waals surface area contributed by atoms with Crippen LogP contribution in [-0.2, 0) is 12.8 Å². The molecule has 0 aliphatic rings. The van der Waals surface area contributed by atoms with Gasteiger partial charge in [-0.2, -0.15) is 5.10 Å². The van der Waals surface area contributed by atoms with Gasteiger partial charge in [-0.3, -0.25) is 0 Å². The first-order valence-electron chi connectivity index (χ1n) is 7.81. The highest BCUT2D eigenvalue weighted by atomic mass is 35.5. The molecule has 0 aliphatic carbocycles. The molecule has 3 aromatic rings. The van der Waals surface area contributed by atoms with Crippen LogP contribution in [0.1, 0.15) is 35.6 Å². The van der Waals surface area contributed by atoms with Crippen LogP contribution in [0.25, 0.3) is 5.52 Å². The van der Waals surface area contributed by atoms with E-state index in [1.165, 1.54) is 28.9 Å². The van der Waals surface area contributed by atoms with Gasteiger partial charge in [0.05, 0.1) is 10.6 Å². The smallest absolute Gasteiger partial charge is 0.337 e. The van der Waals surface area contributed by atoms with E-state index in [0.29, 0.717) is 41.3 Å². The second-order valence-electron chi connectivity index (χ2n) is 5.46. The van der Waals surface area contributed by atoms with Gasteiger partial charge in [0, 0.05) is 18.3 Å². The fourth-order valence-corrected chi connectivity index (χ4v) is 2.86. The van der Waals surface area contributed by atoms with Crippen LogP contribution in [0.5, 0.6) is 0 Å². The number of fused-ring (bicyclic) bond motifs is 1. The van der Waals surface area contributed by atoms with Crippen molar-refractivity contribution < 1.29 is 14.3 Å². The van der Waals surface area contributed by atoms with Gasteiger partial charge in [-0.05, 0) is 30.2 Å². The number of carbonyl (C=O) groups is 1. The van der Waals surface area contributed by atoms with Crippen molar-refractivity contribution in [3.8, 4) is 0 Å². The molecular formula is C17H16ClFN4O2. The molecule has 0 saturated carbocycles. The Kier molecular flexibility index (Phi) is 4.59. The zero-order valence-corrected chi connectivity index (χ0v) is 14.4. The summed E-state index contributed by atoms with van der Waals surface area (Å²) in [4.78, 5) is 16.0. The summed E-state index contributed by atoms with van der Waals surface area (Å²) in [5.74, 6) is -0.521. The van der Waals surface area contributed by atoms with Gasteiger partial charge in [0.1, 0.15) is 11.3 Å². The number of aromatic nitrogens is 3. The molecule has 25 heavy (non-hydrogen) atoms. The molecule has 130 valence electrons. The Labute approximate surface area is 148 Å². The topological polar surface area (TPSA) is 79.5 Å². The van der Waals surface area contributed by atoms with Crippen LogP contribution in [0.15, 0.2) is 24.4 Å². The van der Waals surface area contributed by atoms with E-state index in [4.69, 9.17) is 11.6 Å². The number of halogens is 2. The van der Waals surface area contributed by atoms with Crippen LogP contribution >= 0.6 is 11.6 Å². The number of anilines is 2. The first kappa shape index (κ1) is 17.2. The maximum Gasteiger partial charge on any atom is 0.337 e. The van der Waals surface area contributed by atoms with Crippen molar-refractivity contribution in [1.82, 2.24) is 14.6 Å². The third-order valence-corrected chi connectivity index (χ3v) is 4.15. The number of aromatic carboxylic acids is 1. The van der Waals surface area contributed by atoms with Crippen molar-refractivity contribution in [2.45, 2.75) is 26.7 Å². The molecule has 0 bridgehead atoms. The van der Waals surface area contributed by atoms with Crippen molar-refractivity contribution in [2.75, 3.05) is 5.32 Å². The summed E-state index contributed by atoms with van der Waals surface area (Å²) in [5, 5.41) is 16.9. The lowest BCUT2D eigenvalue weighted by Gasteiger charge is -2.11. The van der Waals surface area contributed by atoms with Crippen LogP contribution in [0.4, 0.5) is 15.9 Å². The van der Waals surface area contributed by atoms with E-state index >= 15 is 0 Å². The molecule has 6 nitrogen and oxygen atoms in total. The minimum absolute atomic E-state index is 0.0110. The van der Waals surface area contributed by atoms with E-state index in [2.05, 4.69) is 15.4 Å². The summed E-state index contributed by atoms with van der Waals surface area (Å²) in [7, 11) is 0. The Bertz CT molecular complexity index is 971. The van der Waals surface area contributed by atoms with Gasteiger partial charge in [-0.15, -0.1) is 0 Å². The average Bonchev–Trinajstić information content (AvgIpc) is 2.97. The molecule has 8 heteroatoms. The molecule has 1 aromatic carbocycles. The fraction of sp³-hybridized carbons (Fsp3) is 0.235. The van der Waals surface area contributed by atoms with Crippen LogP contribution in [0.2, 0.25) is 5.02 Å². The van der Waals surface area contributed by atoms with E-state index in [9.17, 15) is 14.3 Å². The Morgan fingerprint density at radius 1 is 1.36 bits per heavy atom. The van der Waals surface area contributed by atoms with Gasteiger partial charge in [0.25, 0.3) is 0 Å². The third kappa shape index (κ3) is 3.15. The van der Waals surface area contributed by atoms with Crippen LogP contribution in [0.3, 0.4) is 0 Å². The molecule has 2 N–H and O–H groups in total. The molecule has 0 spiro atoms. The predicted octanol–water partition coefficient (Wildman–Crippen LogP) is 4.09. The number of carboxylic acid groups (broad SMARTS) is 1. The summed E-state index contributed by atoms with van der Waals surface area (Å²) in [6.07, 6.45) is 2.57. The zero-order valence-electron chi connectivity index (χ0n) is 13.7. The molecule has 2 aromatic heterocycles. The molecule has 0 aliphatic heterocycles. The quantitative estimate of drug-likeness (QED) is 0.714. The van der Waals surface area contributed by atoms with Gasteiger partial charge in [0.15, 0.2) is 11.6 Å². The first-order valence-corrected chi connectivity index (χ1v) is 8.18. The number of carboxylic acids is 1. The molecule has 0 saturated heterocycles. The monoisotopic (exact) mass is 362 g/mol. The molecule has 3 rings (SSSR count). The summed E-state index contributed by atoms with van der Waals surface area (Å²) >= 11 is 5.83. The van der Waals surface area contributed by atoms with Crippen LogP contribution in [-0.4, -0.2) is 25.7 Å². The number of aryl methyl sites for hydroxylation is 2. The molecule has 0 amide bonds. The Hall–Kier alpha value is -2.67. The van der Waals surface area contributed by atoms with Crippen molar-refractivity contribution in [1.29, 1.82) is 0 Å². The zero-order chi connectivity index (χ0) is 18.1. The lowest BCUT2D eigenvalue weighted by molar-refractivity contribution is 0.0696. The molecule has 0 radical (unpaired) electrons. The summed E-state index contributed by atoms with van der Waals surface area (Å²) in [5.41, 5.74) is 1.95. The Balaban J connectivity index is 2.20. The van der Waals surface area contributed by atoms with E-state index in [1.54, 1.807) is 0 Å². The number of hydrogen-bond acceptors (Lipinski definition) is 4. The molecular weight excluding hydrogens is 347 g/mol. The van der Waals surface area contributed by atoms with Crippen LogP contribution in [0, 0.1) is 5.82 Å². The number of nitrogens with one attached hydrogen (secondary N) is 1. The maximum atomic E-state index is 13.4. The van der Waals surface area contributed by atoms with Crippen molar-refractivity contribution >= 4 is 34.6 Å². The highest BCUT2D eigenvalue weighted by Crippen LogP contribution is 2.28. The molecule has 0 unspecified atom stereocenters. The highest BCUT2D eigenvalue weighted by molar-refractivity contribution is 6.31.